The van der Waals surface area contributed by atoms with E-state index in [4.69, 9.17) is 0 Å². The minimum atomic E-state index is 1.02. The summed E-state index contributed by atoms with van der Waals surface area (Å²) >= 11 is 4.13. The molecule has 3 rings (SSSR count). The highest BCUT2D eigenvalue weighted by molar-refractivity contribution is 7.80. The van der Waals surface area contributed by atoms with Crippen molar-refractivity contribution < 1.29 is 0 Å². The summed E-state index contributed by atoms with van der Waals surface area (Å²) in [6.45, 7) is 6.23. The first kappa shape index (κ1) is 18.1. The molecule has 0 nitrogen and oxygen atoms in total. The van der Waals surface area contributed by atoms with Crippen molar-refractivity contribution in [1.29, 1.82) is 0 Å². The third kappa shape index (κ3) is 9.04. The van der Waals surface area contributed by atoms with Gasteiger partial charge in [0.1, 0.15) is 0 Å². The van der Waals surface area contributed by atoms with Crippen LogP contribution in [0.1, 0.15) is 16.7 Å². The highest BCUT2D eigenvalue weighted by Crippen LogP contribution is 2.05. The molecule has 0 heterocycles. The molecule has 0 aliphatic heterocycles. The molecule has 0 bridgehead atoms. The summed E-state index contributed by atoms with van der Waals surface area (Å²) in [4.78, 5) is 1.02. The Labute approximate surface area is 140 Å². The fourth-order valence-corrected chi connectivity index (χ4v) is 1.76. The Kier molecular flexibility index (Phi) is 8.78. The van der Waals surface area contributed by atoms with Gasteiger partial charge in [-0.05, 0) is 32.9 Å². The van der Waals surface area contributed by atoms with Gasteiger partial charge in [0.2, 0.25) is 0 Å². The fourth-order valence-electron chi connectivity index (χ4n) is 1.61. The molecule has 0 amide bonds. The second-order valence-corrected chi connectivity index (χ2v) is 5.66. The van der Waals surface area contributed by atoms with E-state index in [0.29, 0.717) is 0 Å². The second kappa shape index (κ2) is 10.7. The van der Waals surface area contributed by atoms with Gasteiger partial charge in [-0.3, -0.25) is 0 Å². The van der Waals surface area contributed by atoms with Gasteiger partial charge < -0.3 is 0 Å². The van der Waals surface area contributed by atoms with Gasteiger partial charge in [0.15, 0.2) is 0 Å². The van der Waals surface area contributed by atoms with Gasteiger partial charge in [0, 0.05) is 4.90 Å². The van der Waals surface area contributed by atoms with Gasteiger partial charge in [-0.25, -0.2) is 0 Å². The number of hydrogen-bond acceptors (Lipinski definition) is 1. The molecule has 0 saturated heterocycles. The number of aryl methyl sites for hydroxylation is 3. The van der Waals surface area contributed by atoms with Crippen LogP contribution in [0, 0.1) is 20.8 Å². The summed E-state index contributed by atoms with van der Waals surface area (Å²) in [5, 5.41) is 0. The van der Waals surface area contributed by atoms with Crippen molar-refractivity contribution in [1.82, 2.24) is 0 Å². The maximum Gasteiger partial charge on any atom is 0.00401 e. The molecule has 0 N–H and O–H groups in total. The normalized spacial score (nSPS) is 8.91. The number of thiol groups is 1. The lowest BCUT2D eigenvalue weighted by Crippen LogP contribution is -1.67. The first-order valence-electron chi connectivity index (χ1n) is 7.37. The van der Waals surface area contributed by atoms with Crippen LogP contribution in [0.3, 0.4) is 0 Å². The van der Waals surface area contributed by atoms with Crippen LogP contribution in [0.2, 0.25) is 0 Å². The smallest absolute Gasteiger partial charge is 0.00401 e. The molecule has 114 valence electrons. The highest BCUT2D eigenvalue weighted by atomic mass is 32.1. The molecule has 0 aromatic heterocycles. The first-order valence-corrected chi connectivity index (χ1v) is 7.81. The summed E-state index contributed by atoms with van der Waals surface area (Å²) in [7, 11) is 0. The van der Waals surface area contributed by atoms with Crippen LogP contribution in [0.25, 0.3) is 0 Å². The lowest BCUT2D eigenvalue weighted by molar-refractivity contribution is 1.39. The third-order valence-electron chi connectivity index (χ3n) is 2.91. The number of benzene rings is 3. The Balaban J connectivity index is 0.000000166. The monoisotopic (exact) mass is 308 g/mol. The highest BCUT2D eigenvalue weighted by Gasteiger charge is 1.80. The van der Waals surface area contributed by atoms with Crippen molar-refractivity contribution in [2.75, 3.05) is 0 Å². The Morgan fingerprint density at radius 3 is 1.00 bits per heavy atom. The van der Waals surface area contributed by atoms with Crippen LogP contribution in [-0.2, 0) is 0 Å². The molecule has 0 atom stereocenters. The molecule has 22 heavy (non-hydrogen) atoms. The lowest BCUT2D eigenvalue weighted by atomic mass is 10.2. The lowest BCUT2D eigenvalue weighted by Gasteiger charge is -1.89. The molecule has 0 aliphatic carbocycles. The van der Waals surface area contributed by atoms with Crippen LogP contribution in [0.4, 0.5) is 0 Å². The average Bonchev–Trinajstić information content (AvgIpc) is 2.53. The van der Waals surface area contributed by atoms with Gasteiger partial charge in [-0.2, -0.15) is 0 Å². The van der Waals surface area contributed by atoms with E-state index in [1.54, 1.807) is 0 Å². The van der Waals surface area contributed by atoms with Crippen LogP contribution in [0.5, 0.6) is 0 Å². The Bertz CT molecular complexity index is 555. The Morgan fingerprint density at radius 1 is 0.455 bits per heavy atom. The van der Waals surface area contributed by atoms with Crippen LogP contribution in [-0.4, -0.2) is 0 Å². The maximum atomic E-state index is 4.13. The SMILES string of the molecule is Cc1ccc(S)cc1.Cc1ccccc1.Cc1ccccc1. The minimum absolute atomic E-state index is 1.02. The van der Waals surface area contributed by atoms with Gasteiger partial charge in [0.25, 0.3) is 0 Å². The molecule has 3 aromatic carbocycles. The van der Waals surface area contributed by atoms with E-state index in [1.807, 2.05) is 60.7 Å². The summed E-state index contributed by atoms with van der Waals surface area (Å²) in [6, 6.07) is 28.6. The van der Waals surface area contributed by atoms with Crippen molar-refractivity contribution >= 4 is 12.6 Å². The molecule has 0 fully saturated rings. The van der Waals surface area contributed by atoms with E-state index < -0.39 is 0 Å². The Morgan fingerprint density at radius 2 is 0.773 bits per heavy atom. The van der Waals surface area contributed by atoms with Crippen LogP contribution >= 0.6 is 12.6 Å². The van der Waals surface area contributed by atoms with E-state index >= 15 is 0 Å². The second-order valence-electron chi connectivity index (χ2n) is 5.14. The quantitative estimate of drug-likeness (QED) is 0.465. The van der Waals surface area contributed by atoms with Gasteiger partial charge in [0.05, 0.1) is 0 Å². The van der Waals surface area contributed by atoms with Crippen molar-refractivity contribution in [3.63, 3.8) is 0 Å². The molecular weight excluding hydrogens is 284 g/mol. The van der Waals surface area contributed by atoms with Crippen LogP contribution < -0.4 is 0 Å². The van der Waals surface area contributed by atoms with E-state index in [1.165, 1.54) is 16.7 Å². The number of rotatable bonds is 0. The first-order chi connectivity index (χ1) is 10.6. The third-order valence-corrected chi connectivity index (χ3v) is 3.21. The Hall–Kier alpha value is -1.99. The molecule has 0 radical (unpaired) electrons. The van der Waals surface area contributed by atoms with Crippen molar-refractivity contribution in [3.05, 3.63) is 102 Å². The zero-order chi connectivity index (χ0) is 16.2. The topological polar surface area (TPSA) is 0 Å². The fraction of sp³-hybridized carbons (Fsp3) is 0.143. The number of hydrogen-bond donors (Lipinski definition) is 1. The molecule has 0 saturated carbocycles. The molecular formula is C21H24S. The van der Waals surface area contributed by atoms with Crippen molar-refractivity contribution in [2.24, 2.45) is 0 Å². The summed E-state index contributed by atoms with van der Waals surface area (Å²) in [6.07, 6.45) is 0. The molecule has 0 aliphatic rings. The van der Waals surface area contributed by atoms with Gasteiger partial charge in [-0.15, -0.1) is 12.6 Å². The predicted octanol–water partition coefficient (Wildman–Crippen LogP) is 6.27. The van der Waals surface area contributed by atoms with E-state index in [0.717, 1.165) is 4.90 Å². The summed E-state index contributed by atoms with van der Waals surface area (Å²) in [5.41, 5.74) is 3.92. The average molecular weight is 308 g/mol. The van der Waals surface area contributed by atoms with Crippen molar-refractivity contribution in [3.8, 4) is 0 Å². The minimum Gasteiger partial charge on any atom is -0.143 e. The molecule has 1 heteroatoms. The zero-order valence-electron chi connectivity index (χ0n) is 13.5. The van der Waals surface area contributed by atoms with Gasteiger partial charge >= 0.3 is 0 Å². The van der Waals surface area contributed by atoms with E-state index in [9.17, 15) is 0 Å². The standard InChI is InChI=1S/C7H8S.2C7H8/c1-6-2-4-7(8)5-3-6;2*1-7-5-3-2-4-6-7/h2-5,8H,1H3;2*2-6H,1H3. The predicted molar refractivity (Wildman–Crippen MR) is 101 cm³/mol. The molecule has 3 aromatic rings. The zero-order valence-corrected chi connectivity index (χ0v) is 14.4. The van der Waals surface area contributed by atoms with Gasteiger partial charge in [-0.1, -0.05) is 89.5 Å². The largest absolute Gasteiger partial charge is 0.143 e. The van der Waals surface area contributed by atoms with Crippen molar-refractivity contribution in [2.45, 2.75) is 25.7 Å². The molecule has 0 unspecified atom stereocenters. The molecule has 0 spiro atoms. The van der Waals surface area contributed by atoms with Crippen LogP contribution in [0.15, 0.2) is 89.8 Å². The summed E-state index contributed by atoms with van der Waals surface area (Å²) < 4.78 is 0. The van der Waals surface area contributed by atoms with E-state index in [2.05, 4.69) is 57.7 Å². The summed E-state index contributed by atoms with van der Waals surface area (Å²) in [5.74, 6) is 0. The van der Waals surface area contributed by atoms with E-state index in [-0.39, 0.29) is 0 Å². The maximum absolute atomic E-state index is 4.13.